The van der Waals surface area contributed by atoms with Crippen molar-refractivity contribution in [3.8, 4) is 0 Å². The predicted octanol–water partition coefficient (Wildman–Crippen LogP) is 4.78. The molecule has 108 valence electrons. The van der Waals surface area contributed by atoms with Crippen molar-refractivity contribution < 1.29 is 0 Å². The zero-order valence-corrected chi connectivity index (χ0v) is 12.5. The predicted molar refractivity (Wildman–Crippen MR) is 88.9 cm³/mol. The van der Waals surface area contributed by atoms with Gasteiger partial charge in [0.2, 0.25) is 0 Å². The van der Waals surface area contributed by atoms with Crippen LogP contribution in [-0.2, 0) is 12.8 Å². The second-order valence-electron chi connectivity index (χ2n) is 6.63. The van der Waals surface area contributed by atoms with Crippen LogP contribution in [0.25, 0.3) is 0 Å². The van der Waals surface area contributed by atoms with E-state index in [9.17, 15) is 0 Å². The summed E-state index contributed by atoms with van der Waals surface area (Å²) in [4.78, 5) is 0. The molecule has 1 heterocycles. The molecule has 0 fully saturated rings. The highest BCUT2D eigenvalue weighted by atomic mass is 14.9. The summed E-state index contributed by atoms with van der Waals surface area (Å²) in [5.41, 5.74) is 6.07. The molecule has 2 aromatic rings. The first-order valence-corrected chi connectivity index (χ1v) is 8.30. The topological polar surface area (TPSA) is 12.0 Å². The van der Waals surface area contributed by atoms with Crippen LogP contribution in [0.15, 0.2) is 48.5 Å². The average Bonchev–Trinajstić information content (AvgIpc) is 2.55. The van der Waals surface area contributed by atoms with Crippen LogP contribution in [0.4, 0.5) is 5.69 Å². The van der Waals surface area contributed by atoms with Gasteiger partial charge in [-0.05, 0) is 66.7 Å². The molecular weight excluding hydrogens is 254 g/mol. The molecule has 0 bridgehead atoms. The second-order valence-corrected chi connectivity index (χ2v) is 6.63. The van der Waals surface area contributed by atoms with E-state index in [1.807, 2.05) is 0 Å². The van der Waals surface area contributed by atoms with Crippen LogP contribution < -0.4 is 5.32 Å². The van der Waals surface area contributed by atoms with Crippen molar-refractivity contribution in [3.05, 3.63) is 65.2 Å². The maximum absolute atomic E-state index is 3.63. The van der Waals surface area contributed by atoms with E-state index in [1.165, 1.54) is 43.4 Å². The standard InChI is InChI=1S/C20H23N/c1-3-10-19-16(6-1)8-5-9-17(19)12-15-13-18-7-2-4-11-20(18)21-14-15/h1-4,6-7,10-11,15,17,21H,5,8-9,12-14H2. The lowest BCUT2D eigenvalue weighted by atomic mass is 9.76. The molecule has 0 saturated carbocycles. The molecule has 0 aromatic heterocycles. The molecule has 1 aliphatic heterocycles. The van der Waals surface area contributed by atoms with Gasteiger partial charge < -0.3 is 5.32 Å². The normalized spacial score (nSPS) is 23.8. The summed E-state index contributed by atoms with van der Waals surface area (Å²) >= 11 is 0. The third kappa shape index (κ3) is 2.57. The van der Waals surface area contributed by atoms with Crippen LogP contribution in [0.3, 0.4) is 0 Å². The Labute approximate surface area is 127 Å². The Bertz CT molecular complexity index is 631. The summed E-state index contributed by atoms with van der Waals surface area (Å²) in [6, 6.07) is 17.9. The maximum Gasteiger partial charge on any atom is 0.0372 e. The van der Waals surface area contributed by atoms with Crippen molar-refractivity contribution in [1.29, 1.82) is 0 Å². The molecule has 0 saturated heterocycles. The Morgan fingerprint density at radius 3 is 2.71 bits per heavy atom. The minimum atomic E-state index is 0.770. The van der Waals surface area contributed by atoms with Crippen LogP contribution in [0.1, 0.15) is 41.9 Å². The minimum absolute atomic E-state index is 0.770. The molecule has 0 amide bonds. The monoisotopic (exact) mass is 277 g/mol. The molecule has 0 spiro atoms. The summed E-state index contributed by atoms with van der Waals surface area (Å²) in [7, 11) is 0. The smallest absolute Gasteiger partial charge is 0.0372 e. The van der Waals surface area contributed by atoms with Crippen molar-refractivity contribution in [2.75, 3.05) is 11.9 Å². The Hall–Kier alpha value is -1.76. The van der Waals surface area contributed by atoms with Gasteiger partial charge in [-0.15, -0.1) is 0 Å². The third-order valence-corrected chi connectivity index (χ3v) is 5.22. The molecule has 1 nitrogen and oxygen atoms in total. The van der Waals surface area contributed by atoms with E-state index in [1.54, 1.807) is 11.1 Å². The van der Waals surface area contributed by atoms with Gasteiger partial charge in [0.15, 0.2) is 0 Å². The zero-order chi connectivity index (χ0) is 14.1. The molecule has 0 radical (unpaired) electrons. The quantitative estimate of drug-likeness (QED) is 0.833. The Balaban J connectivity index is 1.51. The Kier molecular flexibility index (Phi) is 3.42. The SMILES string of the molecule is c1ccc2c(c1)CC(CC1CCCc3ccccc31)CN2. The molecule has 2 aromatic carbocycles. The van der Waals surface area contributed by atoms with Gasteiger partial charge in [0, 0.05) is 12.2 Å². The number of nitrogens with one attached hydrogen (secondary N) is 1. The van der Waals surface area contributed by atoms with Crippen molar-refractivity contribution in [2.24, 2.45) is 5.92 Å². The van der Waals surface area contributed by atoms with Gasteiger partial charge in [0.25, 0.3) is 0 Å². The zero-order valence-electron chi connectivity index (χ0n) is 12.5. The van der Waals surface area contributed by atoms with Crippen LogP contribution in [0, 0.1) is 5.92 Å². The first kappa shape index (κ1) is 12.9. The lowest BCUT2D eigenvalue weighted by molar-refractivity contribution is 0.407. The highest BCUT2D eigenvalue weighted by molar-refractivity contribution is 5.53. The molecule has 2 aliphatic rings. The highest BCUT2D eigenvalue weighted by Crippen LogP contribution is 2.38. The van der Waals surface area contributed by atoms with E-state index >= 15 is 0 Å². The Morgan fingerprint density at radius 1 is 0.952 bits per heavy atom. The number of hydrogen-bond donors (Lipinski definition) is 1. The number of aryl methyl sites for hydroxylation is 1. The molecular formula is C20H23N. The molecule has 1 N–H and O–H groups in total. The van der Waals surface area contributed by atoms with Crippen molar-refractivity contribution in [1.82, 2.24) is 0 Å². The fourth-order valence-electron chi connectivity index (χ4n) is 4.18. The number of fused-ring (bicyclic) bond motifs is 2. The van der Waals surface area contributed by atoms with E-state index in [0.29, 0.717) is 0 Å². The molecule has 2 unspecified atom stereocenters. The van der Waals surface area contributed by atoms with Gasteiger partial charge in [-0.1, -0.05) is 42.5 Å². The second kappa shape index (κ2) is 5.55. The van der Waals surface area contributed by atoms with E-state index < -0.39 is 0 Å². The van der Waals surface area contributed by atoms with Gasteiger partial charge in [-0.3, -0.25) is 0 Å². The third-order valence-electron chi connectivity index (χ3n) is 5.22. The Morgan fingerprint density at radius 2 is 1.76 bits per heavy atom. The van der Waals surface area contributed by atoms with Gasteiger partial charge in [0.1, 0.15) is 0 Å². The van der Waals surface area contributed by atoms with Crippen LogP contribution >= 0.6 is 0 Å². The van der Waals surface area contributed by atoms with Crippen LogP contribution in [0.2, 0.25) is 0 Å². The van der Waals surface area contributed by atoms with Gasteiger partial charge in [-0.2, -0.15) is 0 Å². The summed E-state index contributed by atoms with van der Waals surface area (Å²) in [6.45, 7) is 1.13. The number of para-hydroxylation sites is 1. The molecule has 1 heteroatoms. The van der Waals surface area contributed by atoms with Crippen LogP contribution in [0.5, 0.6) is 0 Å². The van der Waals surface area contributed by atoms with Crippen molar-refractivity contribution in [2.45, 2.75) is 38.0 Å². The highest BCUT2D eigenvalue weighted by Gasteiger charge is 2.25. The first-order valence-electron chi connectivity index (χ1n) is 8.30. The maximum atomic E-state index is 3.63. The summed E-state index contributed by atoms with van der Waals surface area (Å²) in [6.07, 6.45) is 6.58. The van der Waals surface area contributed by atoms with Crippen LogP contribution in [-0.4, -0.2) is 6.54 Å². The molecule has 21 heavy (non-hydrogen) atoms. The largest absolute Gasteiger partial charge is 0.385 e. The number of anilines is 1. The molecule has 1 aliphatic carbocycles. The number of benzene rings is 2. The van der Waals surface area contributed by atoms with E-state index in [0.717, 1.165) is 18.4 Å². The van der Waals surface area contributed by atoms with Gasteiger partial charge in [-0.25, -0.2) is 0 Å². The minimum Gasteiger partial charge on any atom is -0.385 e. The van der Waals surface area contributed by atoms with E-state index in [2.05, 4.69) is 53.8 Å². The average molecular weight is 277 g/mol. The van der Waals surface area contributed by atoms with Gasteiger partial charge in [0.05, 0.1) is 0 Å². The number of hydrogen-bond acceptors (Lipinski definition) is 1. The fraction of sp³-hybridized carbons (Fsp3) is 0.400. The summed E-state index contributed by atoms with van der Waals surface area (Å²) < 4.78 is 0. The fourth-order valence-corrected chi connectivity index (χ4v) is 4.18. The lowest BCUT2D eigenvalue weighted by Crippen LogP contribution is -2.25. The van der Waals surface area contributed by atoms with Crippen molar-refractivity contribution >= 4 is 5.69 Å². The summed E-state index contributed by atoms with van der Waals surface area (Å²) in [5.74, 6) is 1.54. The lowest BCUT2D eigenvalue weighted by Gasteiger charge is -2.32. The van der Waals surface area contributed by atoms with E-state index in [4.69, 9.17) is 0 Å². The van der Waals surface area contributed by atoms with Crippen molar-refractivity contribution in [3.63, 3.8) is 0 Å². The summed E-state index contributed by atoms with van der Waals surface area (Å²) in [5, 5.41) is 3.63. The number of rotatable bonds is 2. The van der Waals surface area contributed by atoms with Gasteiger partial charge >= 0.3 is 0 Å². The first-order chi connectivity index (χ1) is 10.4. The molecule has 4 rings (SSSR count). The van der Waals surface area contributed by atoms with E-state index in [-0.39, 0.29) is 0 Å². The molecule has 2 atom stereocenters.